The van der Waals surface area contributed by atoms with Crippen molar-refractivity contribution in [1.82, 2.24) is 14.9 Å². The lowest BCUT2D eigenvalue weighted by molar-refractivity contribution is -0.116. The molecule has 2 aromatic heterocycles. The Labute approximate surface area is 173 Å². The quantitative estimate of drug-likeness (QED) is 0.493. The molecule has 2 N–H and O–H groups in total. The van der Waals surface area contributed by atoms with Crippen LogP contribution >= 0.6 is 0 Å². The van der Waals surface area contributed by atoms with Gasteiger partial charge in [-0.1, -0.05) is 37.3 Å². The fraction of sp³-hybridized carbons (Fsp3) is 0.174. The molecule has 0 aliphatic rings. The van der Waals surface area contributed by atoms with E-state index in [1.807, 2.05) is 60.0 Å². The zero-order chi connectivity index (χ0) is 20.9. The van der Waals surface area contributed by atoms with Crippen molar-refractivity contribution in [3.8, 4) is 0 Å². The molecule has 0 saturated carbocycles. The third-order valence-electron chi connectivity index (χ3n) is 4.86. The number of anilines is 1. The molecular formula is C23H22N4O3. The van der Waals surface area contributed by atoms with E-state index < -0.39 is 0 Å². The van der Waals surface area contributed by atoms with Crippen LogP contribution in [0.4, 0.5) is 5.69 Å². The van der Waals surface area contributed by atoms with Crippen LogP contribution in [0, 0.1) is 0 Å². The number of para-hydroxylation sites is 3. The summed E-state index contributed by atoms with van der Waals surface area (Å²) >= 11 is 0. The van der Waals surface area contributed by atoms with E-state index in [2.05, 4.69) is 15.6 Å². The number of hydrogen-bond donors (Lipinski definition) is 2. The first-order valence-corrected chi connectivity index (χ1v) is 9.79. The SMILES string of the molecule is CCc1ccccc1NC(=O)Cn1c(CNC(=O)c2ccco2)nc2ccccc21. The summed E-state index contributed by atoms with van der Waals surface area (Å²) in [5, 5.41) is 5.79. The average molecular weight is 402 g/mol. The predicted molar refractivity (Wildman–Crippen MR) is 114 cm³/mol. The molecule has 0 aliphatic carbocycles. The number of nitrogens with one attached hydrogen (secondary N) is 2. The molecule has 30 heavy (non-hydrogen) atoms. The van der Waals surface area contributed by atoms with Crippen LogP contribution in [0.3, 0.4) is 0 Å². The highest BCUT2D eigenvalue weighted by Crippen LogP contribution is 2.18. The topological polar surface area (TPSA) is 89.2 Å². The number of fused-ring (bicyclic) bond motifs is 1. The van der Waals surface area contributed by atoms with E-state index in [0.717, 1.165) is 28.7 Å². The number of aryl methyl sites for hydroxylation is 1. The monoisotopic (exact) mass is 402 g/mol. The minimum atomic E-state index is -0.333. The van der Waals surface area contributed by atoms with Gasteiger partial charge in [-0.05, 0) is 42.3 Å². The van der Waals surface area contributed by atoms with Gasteiger partial charge in [0.05, 0.1) is 23.8 Å². The number of hydrogen-bond acceptors (Lipinski definition) is 4. The van der Waals surface area contributed by atoms with E-state index in [9.17, 15) is 9.59 Å². The molecule has 4 aromatic rings. The number of carbonyl (C=O) groups excluding carboxylic acids is 2. The number of benzene rings is 2. The van der Waals surface area contributed by atoms with Crippen molar-refractivity contribution in [1.29, 1.82) is 0 Å². The first-order valence-electron chi connectivity index (χ1n) is 9.79. The summed E-state index contributed by atoms with van der Waals surface area (Å²) in [5.74, 6) is 0.333. The Kier molecular flexibility index (Phi) is 5.61. The van der Waals surface area contributed by atoms with Crippen LogP contribution in [-0.2, 0) is 24.3 Å². The van der Waals surface area contributed by atoms with E-state index in [4.69, 9.17) is 4.42 Å². The zero-order valence-corrected chi connectivity index (χ0v) is 16.6. The van der Waals surface area contributed by atoms with Crippen molar-refractivity contribution < 1.29 is 14.0 Å². The van der Waals surface area contributed by atoms with Gasteiger partial charge in [-0.25, -0.2) is 4.98 Å². The lowest BCUT2D eigenvalue weighted by Crippen LogP contribution is -2.26. The van der Waals surface area contributed by atoms with Gasteiger partial charge in [-0.15, -0.1) is 0 Å². The lowest BCUT2D eigenvalue weighted by atomic mass is 10.1. The number of carbonyl (C=O) groups is 2. The molecule has 0 unspecified atom stereocenters. The van der Waals surface area contributed by atoms with Crippen molar-refractivity contribution in [3.63, 3.8) is 0 Å². The van der Waals surface area contributed by atoms with Crippen molar-refractivity contribution in [2.75, 3.05) is 5.32 Å². The molecule has 2 aromatic carbocycles. The fourth-order valence-electron chi connectivity index (χ4n) is 3.37. The van der Waals surface area contributed by atoms with Crippen LogP contribution < -0.4 is 10.6 Å². The number of nitrogens with zero attached hydrogens (tertiary/aromatic N) is 2. The summed E-state index contributed by atoms with van der Waals surface area (Å²) in [4.78, 5) is 29.6. The predicted octanol–water partition coefficient (Wildman–Crippen LogP) is 3.76. The molecule has 7 nitrogen and oxygen atoms in total. The average Bonchev–Trinajstić information content (AvgIpc) is 3.41. The zero-order valence-electron chi connectivity index (χ0n) is 16.6. The molecule has 4 rings (SSSR count). The molecule has 2 amide bonds. The molecule has 0 fully saturated rings. The van der Waals surface area contributed by atoms with Crippen LogP contribution in [0.2, 0.25) is 0 Å². The van der Waals surface area contributed by atoms with Gasteiger partial charge in [0.25, 0.3) is 5.91 Å². The van der Waals surface area contributed by atoms with E-state index in [1.54, 1.807) is 12.1 Å². The largest absolute Gasteiger partial charge is 0.459 e. The molecule has 0 saturated heterocycles. The highest BCUT2D eigenvalue weighted by Gasteiger charge is 2.16. The molecule has 2 heterocycles. The Morgan fingerprint density at radius 3 is 2.63 bits per heavy atom. The molecule has 0 radical (unpaired) electrons. The lowest BCUT2D eigenvalue weighted by Gasteiger charge is -2.12. The summed E-state index contributed by atoms with van der Waals surface area (Å²) in [6, 6.07) is 18.6. The number of amides is 2. The number of imidazole rings is 1. The van der Waals surface area contributed by atoms with Crippen LogP contribution in [0.15, 0.2) is 71.3 Å². The first-order chi connectivity index (χ1) is 14.7. The summed E-state index contributed by atoms with van der Waals surface area (Å²) in [6.45, 7) is 2.31. The molecule has 0 bridgehead atoms. The Morgan fingerprint density at radius 1 is 1.03 bits per heavy atom. The molecule has 0 spiro atoms. The van der Waals surface area contributed by atoms with Gasteiger partial charge >= 0.3 is 0 Å². The normalized spacial score (nSPS) is 10.8. The van der Waals surface area contributed by atoms with E-state index in [1.165, 1.54) is 6.26 Å². The summed E-state index contributed by atoms with van der Waals surface area (Å²) in [7, 11) is 0. The van der Waals surface area contributed by atoms with Gasteiger partial charge < -0.3 is 19.6 Å². The van der Waals surface area contributed by atoms with Gasteiger partial charge in [-0.2, -0.15) is 0 Å². The van der Waals surface area contributed by atoms with E-state index >= 15 is 0 Å². The fourth-order valence-corrected chi connectivity index (χ4v) is 3.37. The second-order valence-electron chi connectivity index (χ2n) is 6.82. The van der Waals surface area contributed by atoms with Gasteiger partial charge in [0.15, 0.2) is 5.76 Å². The minimum Gasteiger partial charge on any atom is -0.459 e. The molecule has 0 atom stereocenters. The van der Waals surface area contributed by atoms with Crippen molar-refractivity contribution in [2.45, 2.75) is 26.4 Å². The number of furan rings is 1. The number of aromatic nitrogens is 2. The second-order valence-corrected chi connectivity index (χ2v) is 6.82. The summed E-state index contributed by atoms with van der Waals surface area (Å²) in [5.41, 5.74) is 3.48. The van der Waals surface area contributed by atoms with Crippen LogP contribution in [0.1, 0.15) is 28.9 Å². The maximum Gasteiger partial charge on any atom is 0.287 e. The van der Waals surface area contributed by atoms with Crippen LogP contribution in [-0.4, -0.2) is 21.4 Å². The maximum absolute atomic E-state index is 12.8. The summed E-state index contributed by atoms with van der Waals surface area (Å²) in [6.07, 6.45) is 2.27. The molecular weight excluding hydrogens is 380 g/mol. The van der Waals surface area contributed by atoms with E-state index in [0.29, 0.717) is 5.82 Å². The summed E-state index contributed by atoms with van der Waals surface area (Å²) < 4.78 is 6.94. The Hall–Kier alpha value is -3.87. The van der Waals surface area contributed by atoms with Crippen molar-refractivity contribution >= 4 is 28.5 Å². The smallest absolute Gasteiger partial charge is 0.287 e. The van der Waals surface area contributed by atoms with Gasteiger partial charge in [0.1, 0.15) is 12.4 Å². The number of rotatable bonds is 7. The Morgan fingerprint density at radius 2 is 1.83 bits per heavy atom. The molecule has 0 aliphatic heterocycles. The van der Waals surface area contributed by atoms with Gasteiger partial charge in [-0.3, -0.25) is 9.59 Å². The Balaban J connectivity index is 1.55. The standard InChI is InChI=1S/C23H22N4O3/c1-2-16-8-3-4-9-17(16)26-22(28)15-27-19-11-6-5-10-18(19)25-21(27)14-24-23(29)20-12-7-13-30-20/h3-13H,2,14-15H2,1H3,(H,24,29)(H,26,28). The van der Waals surface area contributed by atoms with Crippen LogP contribution in [0.25, 0.3) is 11.0 Å². The first kappa shape index (κ1) is 19.4. The molecule has 152 valence electrons. The molecule has 7 heteroatoms. The van der Waals surface area contributed by atoms with Crippen LogP contribution in [0.5, 0.6) is 0 Å². The van der Waals surface area contributed by atoms with Gasteiger partial charge in [0.2, 0.25) is 5.91 Å². The van der Waals surface area contributed by atoms with Gasteiger partial charge in [0, 0.05) is 5.69 Å². The van der Waals surface area contributed by atoms with Crippen molar-refractivity contribution in [2.24, 2.45) is 0 Å². The highest BCUT2D eigenvalue weighted by atomic mass is 16.3. The van der Waals surface area contributed by atoms with E-state index in [-0.39, 0.29) is 30.7 Å². The minimum absolute atomic E-state index is 0.0878. The highest BCUT2D eigenvalue weighted by molar-refractivity contribution is 5.93. The second kappa shape index (κ2) is 8.65. The van der Waals surface area contributed by atoms with Crippen molar-refractivity contribution in [3.05, 3.63) is 84.1 Å². The third kappa shape index (κ3) is 4.10. The Bertz CT molecular complexity index is 1180. The third-order valence-corrected chi connectivity index (χ3v) is 4.86. The maximum atomic E-state index is 12.8.